The van der Waals surface area contributed by atoms with Crippen molar-refractivity contribution < 1.29 is 4.39 Å². The second kappa shape index (κ2) is 6.07. The van der Waals surface area contributed by atoms with E-state index in [0.717, 1.165) is 24.2 Å². The summed E-state index contributed by atoms with van der Waals surface area (Å²) in [4.78, 5) is 4.50. The maximum Gasteiger partial charge on any atom is 0.123 e. The number of benzene rings is 1. The summed E-state index contributed by atoms with van der Waals surface area (Å²) in [5.74, 6) is -0.196. The van der Waals surface area contributed by atoms with E-state index in [-0.39, 0.29) is 11.9 Å². The molecule has 0 unspecified atom stereocenters. The summed E-state index contributed by atoms with van der Waals surface area (Å²) in [5.41, 5.74) is 2.16. The Balaban J connectivity index is 1.91. The molecule has 18 heavy (non-hydrogen) atoms. The van der Waals surface area contributed by atoms with Crippen molar-refractivity contribution in [3.05, 3.63) is 51.7 Å². The van der Waals surface area contributed by atoms with Gasteiger partial charge in [0.1, 0.15) is 5.82 Å². The number of hydrogen-bond acceptors (Lipinski definition) is 3. The molecule has 1 heterocycles. The van der Waals surface area contributed by atoms with Gasteiger partial charge in [-0.15, -0.1) is 11.3 Å². The highest BCUT2D eigenvalue weighted by molar-refractivity contribution is 7.09. The summed E-state index contributed by atoms with van der Waals surface area (Å²) in [5, 5.41) is 6.65. The fraction of sp³-hybridized carbons (Fsp3) is 0.357. The Kier molecular flexibility index (Phi) is 4.44. The Bertz CT molecular complexity index is 493. The number of nitrogens with zero attached hydrogens (tertiary/aromatic N) is 1. The van der Waals surface area contributed by atoms with Crippen LogP contribution in [0.5, 0.6) is 0 Å². The predicted molar refractivity (Wildman–Crippen MR) is 73.1 cm³/mol. The number of thiazole rings is 1. The highest BCUT2D eigenvalue weighted by Crippen LogP contribution is 2.15. The van der Waals surface area contributed by atoms with Crippen LogP contribution < -0.4 is 5.32 Å². The molecular weight excluding hydrogens is 247 g/mol. The first-order chi connectivity index (χ1) is 8.69. The molecule has 4 heteroatoms. The minimum absolute atomic E-state index is 0.192. The van der Waals surface area contributed by atoms with Gasteiger partial charge in [-0.2, -0.15) is 0 Å². The summed E-state index contributed by atoms with van der Waals surface area (Å²) in [6.45, 7) is 4.92. The van der Waals surface area contributed by atoms with Crippen LogP contribution >= 0.6 is 11.3 Å². The molecule has 1 N–H and O–H groups in total. The van der Waals surface area contributed by atoms with Crippen molar-refractivity contribution in [1.29, 1.82) is 0 Å². The van der Waals surface area contributed by atoms with Gasteiger partial charge in [0, 0.05) is 18.0 Å². The van der Waals surface area contributed by atoms with Gasteiger partial charge in [0.25, 0.3) is 0 Å². The zero-order chi connectivity index (χ0) is 13.0. The van der Waals surface area contributed by atoms with E-state index in [1.165, 1.54) is 17.1 Å². The van der Waals surface area contributed by atoms with Gasteiger partial charge in [-0.05, 0) is 31.0 Å². The molecule has 0 amide bonds. The van der Waals surface area contributed by atoms with Gasteiger partial charge in [0.05, 0.1) is 10.7 Å². The van der Waals surface area contributed by atoms with E-state index < -0.39 is 0 Å². The van der Waals surface area contributed by atoms with Gasteiger partial charge in [0.15, 0.2) is 0 Å². The Hall–Kier alpha value is -1.26. The predicted octanol–water partition coefficient (Wildman–Crippen LogP) is 3.70. The van der Waals surface area contributed by atoms with Crippen LogP contribution in [-0.2, 0) is 13.0 Å². The highest BCUT2D eigenvalue weighted by atomic mass is 32.1. The number of nitrogens with one attached hydrogen (secondary N) is 1. The Morgan fingerprint density at radius 2 is 2.06 bits per heavy atom. The Morgan fingerprint density at radius 1 is 1.33 bits per heavy atom. The number of halogens is 1. The number of hydrogen-bond donors (Lipinski definition) is 1. The maximum atomic E-state index is 12.8. The number of rotatable bonds is 5. The third kappa shape index (κ3) is 3.37. The quantitative estimate of drug-likeness (QED) is 0.890. The monoisotopic (exact) mass is 264 g/mol. The summed E-state index contributed by atoms with van der Waals surface area (Å²) < 4.78 is 12.8. The van der Waals surface area contributed by atoms with Crippen molar-refractivity contribution in [2.24, 2.45) is 0 Å². The SMILES string of the molecule is CCc1nc(CN[C@H](C)c2ccc(F)cc2)cs1. The van der Waals surface area contributed by atoms with Crippen molar-refractivity contribution in [2.45, 2.75) is 32.9 Å². The van der Waals surface area contributed by atoms with Crippen LogP contribution in [0.25, 0.3) is 0 Å². The van der Waals surface area contributed by atoms with Crippen molar-refractivity contribution in [3.8, 4) is 0 Å². The van der Waals surface area contributed by atoms with E-state index in [9.17, 15) is 4.39 Å². The number of aryl methyl sites for hydroxylation is 1. The summed E-state index contributed by atoms with van der Waals surface area (Å²) in [7, 11) is 0. The zero-order valence-corrected chi connectivity index (χ0v) is 11.4. The van der Waals surface area contributed by atoms with E-state index >= 15 is 0 Å². The summed E-state index contributed by atoms with van der Waals surface area (Å²) in [6.07, 6.45) is 0.984. The average molecular weight is 264 g/mol. The van der Waals surface area contributed by atoms with Gasteiger partial charge < -0.3 is 5.32 Å². The van der Waals surface area contributed by atoms with Crippen LogP contribution in [0.3, 0.4) is 0 Å². The molecule has 1 aromatic heterocycles. The molecule has 1 atom stereocenters. The highest BCUT2D eigenvalue weighted by Gasteiger charge is 2.06. The van der Waals surface area contributed by atoms with Gasteiger partial charge in [0.2, 0.25) is 0 Å². The van der Waals surface area contributed by atoms with Gasteiger partial charge in [-0.25, -0.2) is 9.37 Å². The molecule has 0 aliphatic rings. The molecule has 1 aromatic carbocycles. The van der Waals surface area contributed by atoms with Gasteiger partial charge in [-0.1, -0.05) is 19.1 Å². The molecule has 2 nitrogen and oxygen atoms in total. The minimum atomic E-state index is -0.196. The fourth-order valence-electron chi connectivity index (χ4n) is 1.72. The second-order valence-electron chi connectivity index (χ2n) is 4.24. The number of aromatic nitrogens is 1. The van der Waals surface area contributed by atoms with E-state index in [0.29, 0.717) is 0 Å². The molecular formula is C14H17FN2S. The van der Waals surface area contributed by atoms with E-state index in [4.69, 9.17) is 0 Å². The average Bonchev–Trinajstić information content (AvgIpc) is 2.85. The molecule has 96 valence electrons. The molecule has 0 bridgehead atoms. The first-order valence-corrected chi connectivity index (χ1v) is 6.99. The molecule has 0 fully saturated rings. The van der Waals surface area contributed by atoms with Crippen molar-refractivity contribution in [3.63, 3.8) is 0 Å². The second-order valence-corrected chi connectivity index (χ2v) is 5.18. The van der Waals surface area contributed by atoms with Crippen molar-refractivity contribution in [2.75, 3.05) is 0 Å². The fourth-order valence-corrected chi connectivity index (χ4v) is 2.46. The van der Waals surface area contributed by atoms with Gasteiger partial charge >= 0.3 is 0 Å². The zero-order valence-electron chi connectivity index (χ0n) is 10.6. The standard InChI is InChI=1S/C14H17FN2S/c1-3-14-17-13(9-18-14)8-16-10(2)11-4-6-12(15)7-5-11/h4-7,9-10,16H,3,8H2,1-2H3/t10-/m1/s1. The molecule has 0 saturated heterocycles. The molecule has 0 saturated carbocycles. The lowest BCUT2D eigenvalue weighted by Gasteiger charge is -2.13. The van der Waals surface area contributed by atoms with Crippen LogP contribution in [0, 0.1) is 5.82 Å². The maximum absolute atomic E-state index is 12.8. The van der Waals surface area contributed by atoms with E-state index in [1.54, 1.807) is 11.3 Å². The lowest BCUT2D eigenvalue weighted by molar-refractivity contribution is 0.565. The molecule has 0 spiro atoms. The lowest BCUT2D eigenvalue weighted by Crippen LogP contribution is -2.18. The first kappa shape index (κ1) is 13.2. The van der Waals surface area contributed by atoms with Crippen LogP contribution in [0.4, 0.5) is 4.39 Å². The molecule has 0 radical (unpaired) electrons. The molecule has 0 aliphatic heterocycles. The molecule has 0 aliphatic carbocycles. The van der Waals surface area contributed by atoms with E-state index in [2.05, 4.69) is 29.5 Å². The largest absolute Gasteiger partial charge is 0.305 e. The summed E-state index contributed by atoms with van der Waals surface area (Å²) in [6, 6.07) is 6.80. The van der Waals surface area contributed by atoms with E-state index in [1.807, 2.05) is 12.1 Å². The normalized spacial score (nSPS) is 12.6. The topological polar surface area (TPSA) is 24.9 Å². The van der Waals surface area contributed by atoms with Crippen LogP contribution in [-0.4, -0.2) is 4.98 Å². The minimum Gasteiger partial charge on any atom is -0.305 e. The third-order valence-electron chi connectivity index (χ3n) is 2.86. The van der Waals surface area contributed by atoms with Crippen LogP contribution in [0.1, 0.15) is 36.2 Å². The molecule has 2 rings (SSSR count). The van der Waals surface area contributed by atoms with Crippen LogP contribution in [0.2, 0.25) is 0 Å². The Labute approximate surface area is 111 Å². The lowest BCUT2D eigenvalue weighted by atomic mass is 10.1. The third-order valence-corrected chi connectivity index (χ3v) is 3.90. The first-order valence-electron chi connectivity index (χ1n) is 6.11. The smallest absolute Gasteiger partial charge is 0.123 e. The molecule has 2 aromatic rings. The van der Waals surface area contributed by atoms with Crippen molar-refractivity contribution >= 4 is 11.3 Å². The summed E-state index contributed by atoms with van der Waals surface area (Å²) >= 11 is 1.70. The Morgan fingerprint density at radius 3 is 2.67 bits per heavy atom. The van der Waals surface area contributed by atoms with Crippen molar-refractivity contribution in [1.82, 2.24) is 10.3 Å². The van der Waals surface area contributed by atoms with Gasteiger partial charge in [-0.3, -0.25) is 0 Å². The van der Waals surface area contributed by atoms with Crippen LogP contribution in [0.15, 0.2) is 29.6 Å².